The number of carboxylic acid groups (broad SMARTS) is 1. The Bertz CT molecular complexity index is 987. The topological polar surface area (TPSA) is 99.2 Å². The number of nitrogens with one attached hydrogen (secondary N) is 1. The summed E-state index contributed by atoms with van der Waals surface area (Å²) in [6, 6.07) is 16.3. The summed E-state index contributed by atoms with van der Waals surface area (Å²) < 4.78 is 5.53. The summed E-state index contributed by atoms with van der Waals surface area (Å²) in [4.78, 5) is 39.4. The van der Waals surface area contributed by atoms with Gasteiger partial charge in [-0.3, -0.25) is 14.5 Å². The molecule has 0 radical (unpaired) electrons. The van der Waals surface area contributed by atoms with E-state index < -0.39 is 18.0 Å². The molecule has 0 aromatic heterocycles. The fourth-order valence-electron chi connectivity index (χ4n) is 4.60. The van der Waals surface area contributed by atoms with Gasteiger partial charge in [0, 0.05) is 38.6 Å². The van der Waals surface area contributed by atoms with Gasteiger partial charge in [-0.25, -0.2) is 4.79 Å². The molecule has 4 rings (SSSR count). The lowest BCUT2D eigenvalue weighted by atomic mass is 9.98. The number of amides is 2. The monoisotopic (exact) mass is 451 g/mol. The highest BCUT2D eigenvalue weighted by Gasteiger charge is 2.29. The standard InChI is InChI=1S/C25H29N3O5/c1-17(24(31)28-12-10-27(11-13-28)15-23(29)30)14-26-25(32)33-16-22-20-8-4-2-6-18(20)19-7-3-5-9-21(19)22/h2-9,17,22H,10-16H2,1H3,(H,26,32)(H,29,30). The zero-order valence-corrected chi connectivity index (χ0v) is 18.7. The molecule has 8 nitrogen and oxygen atoms in total. The molecule has 0 bridgehead atoms. The van der Waals surface area contributed by atoms with Crippen LogP contribution in [0.25, 0.3) is 11.1 Å². The summed E-state index contributed by atoms with van der Waals surface area (Å²) in [5.41, 5.74) is 4.64. The Labute approximate surface area is 193 Å². The molecule has 1 saturated heterocycles. The van der Waals surface area contributed by atoms with Crippen LogP contribution in [-0.4, -0.2) is 78.8 Å². The third kappa shape index (κ3) is 5.17. The maximum atomic E-state index is 12.7. The average molecular weight is 452 g/mol. The first-order valence-electron chi connectivity index (χ1n) is 11.3. The molecule has 2 aromatic rings. The Morgan fingerprint density at radius 3 is 2.15 bits per heavy atom. The van der Waals surface area contributed by atoms with E-state index in [4.69, 9.17) is 9.84 Å². The van der Waals surface area contributed by atoms with Gasteiger partial charge in [-0.2, -0.15) is 0 Å². The zero-order valence-electron chi connectivity index (χ0n) is 18.7. The molecule has 1 aliphatic heterocycles. The minimum absolute atomic E-state index is 0.00990. The summed E-state index contributed by atoms with van der Waals surface area (Å²) in [6.45, 7) is 4.22. The van der Waals surface area contributed by atoms with Gasteiger partial charge in [0.05, 0.1) is 12.5 Å². The second kappa shape index (κ2) is 10.0. The van der Waals surface area contributed by atoms with Crippen LogP contribution in [0.1, 0.15) is 24.0 Å². The summed E-state index contributed by atoms with van der Waals surface area (Å²) >= 11 is 0. The lowest BCUT2D eigenvalue weighted by molar-refractivity contribution is -0.140. The number of rotatable bonds is 7. The number of carboxylic acids is 1. The molecule has 0 saturated carbocycles. The van der Waals surface area contributed by atoms with Gasteiger partial charge >= 0.3 is 12.1 Å². The van der Waals surface area contributed by atoms with Gasteiger partial charge in [0.25, 0.3) is 0 Å². The van der Waals surface area contributed by atoms with Gasteiger partial charge in [-0.05, 0) is 22.3 Å². The van der Waals surface area contributed by atoms with Crippen molar-refractivity contribution < 1.29 is 24.2 Å². The second-order valence-electron chi connectivity index (χ2n) is 8.60. The number of carbonyl (C=O) groups excluding carboxylic acids is 2. The number of carbonyl (C=O) groups is 3. The Kier molecular flexibility index (Phi) is 6.93. The van der Waals surface area contributed by atoms with E-state index in [-0.39, 0.29) is 31.5 Å². The first-order chi connectivity index (χ1) is 15.9. The van der Waals surface area contributed by atoms with Crippen molar-refractivity contribution in [3.8, 4) is 11.1 Å². The Balaban J connectivity index is 1.25. The van der Waals surface area contributed by atoms with E-state index in [1.807, 2.05) is 29.2 Å². The number of benzene rings is 2. The molecule has 174 valence electrons. The molecule has 33 heavy (non-hydrogen) atoms. The minimum Gasteiger partial charge on any atom is -0.480 e. The van der Waals surface area contributed by atoms with Crippen LogP contribution in [0.5, 0.6) is 0 Å². The normalized spacial score (nSPS) is 16.6. The molecule has 8 heteroatoms. The number of fused-ring (bicyclic) bond motifs is 3. The Morgan fingerprint density at radius 1 is 1.00 bits per heavy atom. The van der Waals surface area contributed by atoms with Crippen molar-refractivity contribution in [1.29, 1.82) is 0 Å². The van der Waals surface area contributed by atoms with E-state index in [0.717, 1.165) is 11.1 Å². The van der Waals surface area contributed by atoms with Crippen molar-refractivity contribution in [2.75, 3.05) is 45.9 Å². The molecule has 0 spiro atoms. The molecular formula is C25H29N3O5. The molecule has 2 N–H and O–H groups in total. The maximum Gasteiger partial charge on any atom is 0.407 e. The van der Waals surface area contributed by atoms with Gasteiger partial charge < -0.3 is 20.1 Å². The molecular weight excluding hydrogens is 422 g/mol. The van der Waals surface area contributed by atoms with E-state index in [1.165, 1.54) is 11.1 Å². The predicted octanol–water partition coefficient (Wildman–Crippen LogP) is 2.39. The number of hydrogen-bond acceptors (Lipinski definition) is 5. The molecule has 1 heterocycles. The van der Waals surface area contributed by atoms with Crippen molar-refractivity contribution in [3.63, 3.8) is 0 Å². The highest BCUT2D eigenvalue weighted by atomic mass is 16.5. The van der Waals surface area contributed by atoms with E-state index in [0.29, 0.717) is 26.2 Å². The molecule has 1 fully saturated rings. The Hall–Kier alpha value is -3.39. The van der Waals surface area contributed by atoms with Crippen molar-refractivity contribution >= 4 is 18.0 Å². The van der Waals surface area contributed by atoms with Gasteiger partial charge in [0.1, 0.15) is 6.61 Å². The number of alkyl carbamates (subject to hydrolysis) is 1. The molecule has 1 aliphatic carbocycles. The van der Waals surface area contributed by atoms with Crippen LogP contribution in [-0.2, 0) is 14.3 Å². The second-order valence-corrected chi connectivity index (χ2v) is 8.60. The lowest BCUT2D eigenvalue weighted by Crippen LogP contribution is -2.52. The highest BCUT2D eigenvalue weighted by Crippen LogP contribution is 2.44. The number of hydrogen-bond donors (Lipinski definition) is 2. The van der Waals surface area contributed by atoms with Crippen molar-refractivity contribution in [2.45, 2.75) is 12.8 Å². The van der Waals surface area contributed by atoms with Gasteiger partial charge in [-0.1, -0.05) is 55.5 Å². The number of ether oxygens (including phenoxy) is 1. The number of piperazine rings is 1. The van der Waals surface area contributed by atoms with Crippen LogP contribution >= 0.6 is 0 Å². The van der Waals surface area contributed by atoms with E-state index in [1.54, 1.807) is 11.8 Å². The molecule has 2 aromatic carbocycles. The number of nitrogens with zero attached hydrogens (tertiary/aromatic N) is 2. The van der Waals surface area contributed by atoms with E-state index in [9.17, 15) is 14.4 Å². The van der Waals surface area contributed by atoms with E-state index in [2.05, 4.69) is 29.6 Å². The maximum absolute atomic E-state index is 12.7. The summed E-state index contributed by atoms with van der Waals surface area (Å²) in [7, 11) is 0. The van der Waals surface area contributed by atoms with Gasteiger partial charge in [0.15, 0.2) is 0 Å². The molecule has 2 amide bonds. The first-order valence-corrected chi connectivity index (χ1v) is 11.3. The zero-order chi connectivity index (χ0) is 23.4. The molecule has 1 unspecified atom stereocenters. The minimum atomic E-state index is -0.865. The Morgan fingerprint density at radius 2 is 1.58 bits per heavy atom. The van der Waals surface area contributed by atoms with E-state index >= 15 is 0 Å². The number of aliphatic carboxylic acids is 1. The molecule has 1 atom stereocenters. The van der Waals surface area contributed by atoms with Gasteiger partial charge in [-0.15, -0.1) is 0 Å². The first kappa shape index (κ1) is 22.8. The fraction of sp³-hybridized carbons (Fsp3) is 0.400. The lowest BCUT2D eigenvalue weighted by Gasteiger charge is -2.35. The third-order valence-electron chi connectivity index (χ3n) is 6.36. The highest BCUT2D eigenvalue weighted by molar-refractivity contribution is 5.80. The quantitative estimate of drug-likeness (QED) is 0.671. The summed E-state index contributed by atoms with van der Waals surface area (Å²) in [6.07, 6.45) is -0.539. The van der Waals surface area contributed by atoms with Crippen LogP contribution in [0.3, 0.4) is 0 Å². The van der Waals surface area contributed by atoms with Gasteiger partial charge in [0.2, 0.25) is 5.91 Å². The summed E-state index contributed by atoms with van der Waals surface area (Å²) in [5, 5.41) is 11.6. The van der Waals surface area contributed by atoms with Crippen LogP contribution in [0.15, 0.2) is 48.5 Å². The van der Waals surface area contributed by atoms with Crippen LogP contribution < -0.4 is 5.32 Å². The largest absolute Gasteiger partial charge is 0.480 e. The summed E-state index contributed by atoms with van der Waals surface area (Å²) in [5.74, 6) is -1.32. The predicted molar refractivity (Wildman–Crippen MR) is 123 cm³/mol. The van der Waals surface area contributed by atoms with Crippen LogP contribution in [0.4, 0.5) is 4.79 Å². The third-order valence-corrected chi connectivity index (χ3v) is 6.36. The fourth-order valence-corrected chi connectivity index (χ4v) is 4.60. The van der Waals surface area contributed by atoms with Crippen LogP contribution in [0.2, 0.25) is 0 Å². The molecule has 2 aliphatic rings. The van der Waals surface area contributed by atoms with Crippen molar-refractivity contribution in [1.82, 2.24) is 15.1 Å². The van der Waals surface area contributed by atoms with Crippen molar-refractivity contribution in [3.05, 3.63) is 59.7 Å². The average Bonchev–Trinajstić information content (AvgIpc) is 3.14. The van der Waals surface area contributed by atoms with Crippen LogP contribution in [0, 0.1) is 5.92 Å². The SMILES string of the molecule is CC(CNC(=O)OCC1c2ccccc2-c2ccccc21)C(=O)N1CCN(CC(=O)O)CC1. The smallest absolute Gasteiger partial charge is 0.407 e. The van der Waals surface area contributed by atoms with Crippen molar-refractivity contribution in [2.24, 2.45) is 5.92 Å².